The van der Waals surface area contributed by atoms with Gasteiger partial charge in [0, 0.05) is 17.6 Å². The Labute approximate surface area is 157 Å². The second kappa shape index (κ2) is 9.20. The van der Waals surface area contributed by atoms with E-state index < -0.39 is 0 Å². The number of piperidine rings is 1. The van der Waals surface area contributed by atoms with E-state index in [9.17, 15) is 9.59 Å². The zero-order valence-electron chi connectivity index (χ0n) is 14.8. The van der Waals surface area contributed by atoms with Gasteiger partial charge in [0.2, 0.25) is 5.91 Å². The van der Waals surface area contributed by atoms with Crippen molar-refractivity contribution in [1.82, 2.24) is 10.3 Å². The molecule has 0 radical (unpaired) electrons. The highest BCUT2D eigenvalue weighted by atomic mass is 79.9. The van der Waals surface area contributed by atoms with Crippen molar-refractivity contribution in [3.8, 4) is 5.75 Å². The summed E-state index contributed by atoms with van der Waals surface area (Å²) in [5, 5.41) is 0. The number of amides is 2. The molecule has 1 aliphatic heterocycles. The molecule has 0 bridgehead atoms. The fraction of sp³-hybridized carbons (Fsp3) is 0.556. The molecule has 0 spiro atoms. The smallest absolute Gasteiger partial charge is 0.257 e. The largest absolute Gasteiger partial charge is 0.493 e. The van der Waals surface area contributed by atoms with Crippen molar-refractivity contribution in [3.63, 3.8) is 0 Å². The average Bonchev–Trinajstić information content (AvgIpc) is 2.61. The molecule has 7 heteroatoms. The molecule has 3 N–H and O–H groups in total. The predicted octanol–water partition coefficient (Wildman–Crippen LogP) is 2.72. The number of halogens is 1. The minimum absolute atomic E-state index is 0.115. The Morgan fingerprint density at radius 1 is 1.44 bits per heavy atom. The van der Waals surface area contributed by atoms with E-state index in [0.717, 1.165) is 23.7 Å². The average molecular weight is 412 g/mol. The molecule has 1 aliphatic rings. The molecular weight excluding hydrogens is 386 g/mol. The van der Waals surface area contributed by atoms with Crippen LogP contribution in [0.15, 0.2) is 22.7 Å². The summed E-state index contributed by atoms with van der Waals surface area (Å²) in [6.45, 7) is 5.84. The molecule has 138 valence electrons. The van der Waals surface area contributed by atoms with Crippen molar-refractivity contribution >= 4 is 27.7 Å². The highest BCUT2D eigenvalue weighted by molar-refractivity contribution is 9.10. The molecule has 1 heterocycles. The van der Waals surface area contributed by atoms with Crippen molar-refractivity contribution in [2.24, 2.45) is 17.7 Å². The summed E-state index contributed by atoms with van der Waals surface area (Å²) in [4.78, 5) is 26.5. The van der Waals surface area contributed by atoms with Gasteiger partial charge in [-0.05, 0) is 43.4 Å². The number of hydrogen-bond acceptors (Lipinski definition) is 4. The highest BCUT2D eigenvalue weighted by Crippen LogP contribution is 2.27. The van der Waals surface area contributed by atoms with Gasteiger partial charge in [-0.15, -0.1) is 0 Å². The number of ether oxygens (including phenoxy) is 1. The fourth-order valence-electron chi connectivity index (χ4n) is 2.86. The third-order valence-electron chi connectivity index (χ3n) is 4.35. The lowest BCUT2D eigenvalue weighted by Crippen LogP contribution is -2.47. The van der Waals surface area contributed by atoms with Crippen LogP contribution >= 0.6 is 15.9 Å². The quantitative estimate of drug-likeness (QED) is 0.428. The summed E-state index contributed by atoms with van der Waals surface area (Å²) >= 11 is 3.42. The minimum atomic E-state index is -0.264. The van der Waals surface area contributed by atoms with E-state index in [1.807, 2.05) is 12.1 Å². The molecule has 25 heavy (non-hydrogen) atoms. The Morgan fingerprint density at radius 2 is 2.20 bits per heavy atom. The van der Waals surface area contributed by atoms with Gasteiger partial charge in [0.15, 0.2) is 0 Å². The van der Waals surface area contributed by atoms with Gasteiger partial charge in [-0.2, -0.15) is 0 Å². The van der Waals surface area contributed by atoms with Gasteiger partial charge in [-0.1, -0.05) is 29.8 Å². The first-order valence-electron chi connectivity index (χ1n) is 8.64. The fourth-order valence-corrected chi connectivity index (χ4v) is 3.22. The van der Waals surface area contributed by atoms with Crippen molar-refractivity contribution < 1.29 is 14.3 Å². The number of hydrogen-bond donors (Lipinski definition) is 2. The lowest BCUT2D eigenvalue weighted by molar-refractivity contribution is -0.126. The molecule has 1 saturated heterocycles. The van der Waals surface area contributed by atoms with Crippen LogP contribution in [0, 0.1) is 11.8 Å². The first-order valence-corrected chi connectivity index (χ1v) is 9.43. The topological polar surface area (TPSA) is 84.7 Å². The lowest BCUT2D eigenvalue weighted by atomic mass is 9.96. The van der Waals surface area contributed by atoms with Crippen molar-refractivity contribution in [2.45, 2.75) is 33.1 Å². The van der Waals surface area contributed by atoms with Crippen LogP contribution in [0.1, 0.15) is 43.5 Å². The maximum atomic E-state index is 13.0. The normalized spacial score (nSPS) is 17.5. The number of nitrogens with two attached hydrogens (primary N) is 1. The number of carbonyl (C=O) groups is 2. The summed E-state index contributed by atoms with van der Waals surface area (Å²) < 4.78 is 6.66. The van der Waals surface area contributed by atoms with Crippen LogP contribution in [-0.4, -0.2) is 36.4 Å². The van der Waals surface area contributed by atoms with Crippen molar-refractivity contribution in [3.05, 3.63) is 28.2 Å². The van der Waals surface area contributed by atoms with Crippen LogP contribution in [0.5, 0.6) is 5.75 Å². The summed E-state index contributed by atoms with van der Waals surface area (Å²) in [6.07, 6.45) is 2.44. The van der Waals surface area contributed by atoms with Crippen molar-refractivity contribution in [1.29, 1.82) is 0 Å². The van der Waals surface area contributed by atoms with Gasteiger partial charge >= 0.3 is 0 Å². The van der Waals surface area contributed by atoms with Crippen LogP contribution < -0.4 is 16.0 Å². The second-order valence-electron chi connectivity index (χ2n) is 6.77. The van der Waals surface area contributed by atoms with E-state index in [-0.39, 0.29) is 17.7 Å². The Morgan fingerprint density at radius 3 is 2.88 bits per heavy atom. The third kappa shape index (κ3) is 5.44. The van der Waals surface area contributed by atoms with Crippen LogP contribution in [-0.2, 0) is 4.79 Å². The Kier molecular flexibility index (Phi) is 7.25. The summed E-state index contributed by atoms with van der Waals surface area (Å²) in [5.41, 5.74) is 2.70. The first-order chi connectivity index (χ1) is 11.9. The molecular formula is C18H26BrN3O3. The molecule has 0 saturated carbocycles. The van der Waals surface area contributed by atoms with Crippen molar-refractivity contribution in [2.75, 3.05) is 19.7 Å². The van der Waals surface area contributed by atoms with E-state index in [0.29, 0.717) is 36.9 Å². The van der Waals surface area contributed by atoms with Crippen LogP contribution in [0.4, 0.5) is 0 Å². The number of rotatable bonds is 6. The van der Waals surface area contributed by atoms with Gasteiger partial charge in [0.05, 0.1) is 18.1 Å². The van der Waals surface area contributed by atoms with E-state index in [1.54, 1.807) is 11.0 Å². The molecule has 2 amide bonds. The Hall–Kier alpha value is -1.60. The second-order valence-corrected chi connectivity index (χ2v) is 7.69. The number of likely N-dealkylation sites (tertiary alicyclic amines) is 1. The third-order valence-corrected chi connectivity index (χ3v) is 4.84. The molecule has 1 unspecified atom stereocenters. The first kappa shape index (κ1) is 19.7. The zero-order chi connectivity index (χ0) is 18.4. The Bertz CT molecular complexity index is 622. The summed E-state index contributed by atoms with van der Waals surface area (Å²) in [7, 11) is 0. The van der Waals surface area contributed by atoms with E-state index in [4.69, 9.17) is 10.6 Å². The van der Waals surface area contributed by atoms with Gasteiger partial charge in [-0.3, -0.25) is 15.0 Å². The number of benzene rings is 1. The maximum Gasteiger partial charge on any atom is 0.257 e. The summed E-state index contributed by atoms with van der Waals surface area (Å²) in [6, 6.07) is 5.45. The van der Waals surface area contributed by atoms with Gasteiger partial charge in [-0.25, -0.2) is 5.84 Å². The molecule has 1 aromatic rings. The van der Waals surface area contributed by atoms with E-state index >= 15 is 0 Å². The number of nitrogens with one attached hydrogen (secondary N) is 1. The monoisotopic (exact) mass is 411 g/mol. The standard InChI is InChI=1S/C18H26BrN3O3/c1-12(2)7-9-25-16-6-5-14(19)10-15(16)18(24)22-8-3-4-13(11-22)17(23)21-20/h5-6,10,12-13H,3-4,7-9,11,20H2,1-2H3,(H,21,23). The number of nitrogens with zero attached hydrogens (tertiary/aromatic N) is 1. The van der Waals surface area contributed by atoms with Crippen LogP contribution in [0.25, 0.3) is 0 Å². The number of carbonyl (C=O) groups excluding carboxylic acids is 2. The summed E-state index contributed by atoms with van der Waals surface area (Å²) in [5.74, 6) is 5.75. The Balaban J connectivity index is 2.14. The van der Waals surface area contributed by atoms with E-state index in [1.165, 1.54) is 0 Å². The minimum Gasteiger partial charge on any atom is -0.493 e. The van der Waals surface area contributed by atoms with Gasteiger partial charge in [0.25, 0.3) is 5.91 Å². The lowest BCUT2D eigenvalue weighted by Gasteiger charge is -2.32. The zero-order valence-corrected chi connectivity index (χ0v) is 16.3. The molecule has 1 aromatic carbocycles. The van der Waals surface area contributed by atoms with Crippen LogP contribution in [0.3, 0.4) is 0 Å². The molecule has 0 aromatic heterocycles. The van der Waals surface area contributed by atoms with Crippen LogP contribution in [0.2, 0.25) is 0 Å². The highest BCUT2D eigenvalue weighted by Gasteiger charge is 2.29. The SMILES string of the molecule is CC(C)CCOc1ccc(Br)cc1C(=O)N1CCCC(C(=O)NN)C1. The molecule has 2 rings (SSSR count). The van der Waals surface area contributed by atoms with Gasteiger partial charge < -0.3 is 9.64 Å². The maximum absolute atomic E-state index is 13.0. The molecule has 0 aliphatic carbocycles. The molecule has 6 nitrogen and oxygen atoms in total. The van der Waals surface area contributed by atoms with E-state index in [2.05, 4.69) is 35.2 Å². The van der Waals surface area contributed by atoms with Gasteiger partial charge in [0.1, 0.15) is 5.75 Å². The predicted molar refractivity (Wildman–Crippen MR) is 100 cm³/mol. The molecule has 1 atom stereocenters. The number of hydrazine groups is 1. The molecule has 1 fully saturated rings.